The van der Waals surface area contributed by atoms with Crippen LogP contribution in [0.2, 0.25) is 0 Å². The first-order valence-corrected chi connectivity index (χ1v) is 9.10. The van der Waals surface area contributed by atoms with E-state index in [2.05, 4.69) is 20.8 Å². The van der Waals surface area contributed by atoms with Gasteiger partial charge < -0.3 is 14.9 Å². The van der Waals surface area contributed by atoms with Crippen LogP contribution in [0.25, 0.3) is 0 Å². The van der Waals surface area contributed by atoms with Gasteiger partial charge in [0.1, 0.15) is 11.5 Å². The molecule has 2 fully saturated rings. The molecule has 4 nitrogen and oxygen atoms in total. The SMILES string of the molecule is CCCCOc1ccc(C=N[C@]23CC[C@H](C[C@H]2O)C3(C)C)c(O)c1. The standard InChI is InChI=1S/C20H29NO3/c1-4-5-10-24-16-7-6-14(17(22)12-16)13-21-20-9-8-15(11-18(20)23)19(20,2)3/h6-7,12-13,15,18,22-23H,4-5,8-11H2,1-3H3/t15-,18-,20-/m1/s1. The Labute approximate surface area is 144 Å². The van der Waals surface area contributed by atoms with Crippen molar-refractivity contribution in [3.05, 3.63) is 23.8 Å². The molecule has 0 aromatic heterocycles. The lowest BCUT2D eigenvalue weighted by Gasteiger charge is -2.36. The quantitative estimate of drug-likeness (QED) is 0.613. The van der Waals surface area contributed by atoms with Crippen LogP contribution >= 0.6 is 0 Å². The number of ether oxygens (including phenoxy) is 1. The third kappa shape index (κ3) is 2.71. The lowest BCUT2D eigenvalue weighted by atomic mass is 9.76. The second kappa shape index (κ2) is 6.40. The van der Waals surface area contributed by atoms with Crippen LogP contribution in [0.4, 0.5) is 0 Å². The molecule has 4 heteroatoms. The van der Waals surface area contributed by atoms with E-state index in [-0.39, 0.29) is 17.3 Å². The number of aliphatic hydroxyl groups excluding tert-OH is 1. The van der Waals surface area contributed by atoms with Gasteiger partial charge in [-0.2, -0.15) is 0 Å². The number of unbranched alkanes of at least 4 members (excludes halogenated alkanes) is 1. The van der Waals surface area contributed by atoms with Crippen molar-refractivity contribution in [3.63, 3.8) is 0 Å². The number of fused-ring (bicyclic) bond motifs is 2. The van der Waals surface area contributed by atoms with Crippen LogP contribution in [0.15, 0.2) is 23.2 Å². The van der Waals surface area contributed by atoms with Gasteiger partial charge in [-0.25, -0.2) is 0 Å². The number of aliphatic imine (C=N–C) groups is 1. The largest absolute Gasteiger partial charge is 0.507 e. The van der Waals surface area contributed by atoms with Crippen molar-refractivity contribution in [2.45, 2.75) is 64.5 Å². The van der Waals surface area contributed by atoms with E-state index in [9.17, 15) is 10.2 Å². The summed E-state index contributed by atoms with van der Waals surface area (Å²) in [5.74, 6) is 1.38. The first-order valence-electron chi connectivity index (χ1n) is 9.10. The van der Waals surface area contributed by atoms with Gasteiger partial charge in [0.05, 0.1) is 18.2 Å². The van der Waals surface area contributed by atoms with Crippen molar-refractivity contribution in [2.24, 2.45) is 16.3 Å². The Morgan fingerprint density at radius 1 is 1.38 bits per heavy atom. The maximum absolute atomic E-state index is 10.5. The van der Waals surface area contributed by atoms with Crippen LogP contribution in [0.3, 0.4) is 0 Å². The minimum absolute atomic E-state index is 0.00173. The molecule has 2 saturated carbocycles. The predicted octanol–water partition coefficient (Wildman–Crippen LogP) is 3.93. The van der Waals surface area contributed by atoms with Gasteiger partial charge in [0.15, 0.2) is 0 Å². The van der Waals surface area contributed by atoms with E-state index in [1.807, 2.05) is 12.1 Å². The van der Waals surface area contributed by atoms with Crippen molar-refractivity contribution in [1.82, 2.24) is 0 Å². The summed E-state index contributed by atoms with van der Waals surface area (Å²) in [5.41, 5.74) is 0.257. The lowest BCUT2D eigenvalue weighted by Crippen LogP contribution is -2.44. The third-order valence-electron chi connectivity index (χ3n) is 6.27. The van der Waals surface area contributed by atoms with Gasteiger partial charge in [0.25, 0.3) is 0 Å². The number of phenolic OH excluding ortho intramolecular Hbond substituents is 1. The predicted molar refractivity (Wildman–Crippen MR) is 96.0 cm³/mol. The van der Waals surface area contributed by atoms with Gasteiger partial charge in [-0.05, 0) is 49.1 Å². The molecule has 2 aliphatic carbocycles. The topological polar surface area (TPSA) is 62.0 Å². The van der Waals surface area contributed by atoms with Crippen LogP contribution < -0.4 is 4.74 Å². The highest BCUT2D eigenvalue weighted by Gasteiger charge is 2.64. The summed E-state index contributed by atoms with van der Waals surface area (Å²) in [6, 6.07) is 5.34. The molecule has 0 saturated heterocycles. The minimum atomic E-state index is -0.416. The molecule has 24 heavy (non-hydrogen) atoms. The number of rotatable bonds is 6. The molecule has 0 unspecified atom stereocenters. The van der Waals surface area contributed by atoms with Crippen LogP contribution in [0.1, 0.15) is 58.4 Å². The van der Waals surface area contributed by atoms with Crippen molar-refractivity contribution >= 4 is 6.21 Å². The summed E-state index contributed by atoms with van der Waals surface area (Å²) in [7, 11) is 0. The number of phenols is 1. The van der Waals surface area contributed by atoms with E-state index in [0.717, 1.165) is 32.1 Å². The van der Waals surface area contributed by atoms with Crippen LogP contribution in [-0.2, 0) is 0 Å². The van der Waals surface area contributed by atoms with E-state index in [0.29, 0.717) is 23.8 Å². The van der Waals surface area contributed by atoms with Crippen LogP contribution in [0.5, 0.6) is 11.5 Å². The molecule has 0 heterocycles. The number of hydrogen-bond acceptors (Lipinski definition) is 4. The second-order valence-corrected chi connectivity index (χ2v) is 7.81. The number of hydrogen-bond donors (Lipinski definition) is 2. The molecule has 0 aliphatic heterocycles. The lowest BCUT2D eigenvalue weighted by molar-refractivity contribution is 0.0692. The van der Waals surface area contributed by atoms with E-state index in [4.69, 9.17) is 9.73 Å². The Balaban J connectivity index is 1.77. The Bertz CT molecular complexity index is 625. The normalized spacial score (nSPS) is 31.0. The highest BCUT2D eigenvalue weighted by Crippen LogP contribution is 2.62. The molecule has 132 valence electrons. The van der Waals surface area contributed by atoms with Gasteiger partial charge in [0, 0.05) is 17.8 Å². The summed E-state index contributed by atoms with van der Waals surface area (Å²) in [6.07, 6.45) is 6.29. The summed E-state index contributed by atoms with van der Waals surface area (Å²) in [4.78, 5) is 4.81. The fraction of sp³-hybridized carbons (Fsp3) is 0.650. The first kappa shape index (κ1) is 17.3. The van der Waals surface area contributed by atoms with Gasteiger partial charge in [-0.1, -0.05) is 27.2 Å². The fourth-order valence-electron chi connectivity index (χ4n) is 4.46. The molecule has 2 N–H and O–H groups in total. The molecule has 0 amide bonds. The zero-order valence-electron chi connectivity index (χ0n) is 15.0. The fourth-order valence-corrected chi connectivity index (χ4v) is 4.46. The third-order valence-corrected chi connectivity index (χ3v) is 6.27. The molecule has 0 radical (unpaired) electrons. The monoisotopic (exact) mass is 331 g/mol. The van der Waals surface area contributed by atoms with E-state index in [1.165, 1.54) is 0 Å². The van der Waals surface area contributed by atoms with Gasteiger partial charge in [-0.15, -0.1) is 0 Å². The molecule has 2 aliphatic rings. The second-order valence-electron chi connectivity index (χ2n) is 7.81. The highest BCUT2D eigenvalue weighted by atomic mass is 16.5. The molecule has 0 spiro atoms. The highest BCUT2D eigenvalue weighted by molar-refractivity contribution is 5.84. The molecule has 3 atom stereocenters. The molecular formula is C20H29NO3. The molecule has 2 bridgehead atoms. The minimum Gasteiger partial charge on any atom is -0.507 e. The zero-order chi connectivity index (χ0) is 17.4. The average molecular weight is 331 g/mol. The Hall–Kier alpha value is -1.55. The summed E-state index contributed by atoms with van der Waals surface area (Å²) in [6.45, 7) is 7.20. The average Bonchev–Trinajstić information content (AvgIpc) is 2.89. The van der Waals surface area contributed by atoms with Gasteiger partial charge in [-0.3, -0.25) is 4.99 Å². The maximum atomic E-state index is 10.5. The number of benzene rings is 1. The van der Waals surface area contributed by atoms with E-state index < -0.39 is 5.54 Å². The van der Waals surface area contributed by atoms with Crippen LogP contribution in [0, 0.1) is 11.3 Å². The van der Waals surface area contributed by atoms with E-state index in [1.54, 1.807) is 12.3 Å². The summed E-state index contributed by atoms with van der Waals surface area (Å²) >= 11 is 0. The maximum Gasteiger partial charge on any atom is 0.128 e. The number of aliphatic hydroxyl groups is 1. The number of aromatic hydroxyl groups is 1. The van der Waals surface area contributed by atoms with Crippen molar-refractivity contribution in [3.8, 4) is 11.5 Å². The first-order chi connectivity index (χ1) is 11.4. The Morgan fingerprint density at radius 3 is 2.75 bits per heavy atom. The van der Waals surface area contributed by atoms with Crippen molar-refractivity contribution in [1.29, 1.82) is 0 Å². The summed E-state index contributed by atoms with van der Waals surface area (Å²) in [5, 5.41) is 20.8. The van der Waals surface area contributed by atoms with Gasteiger partial charge >= 0.3 is 0 Å². The van der Waals surface area contributed by atoms with Gasteiger partial charge in [0.2, 0.25) is 0 Å². The molecule has 1 aromatic carbocycles. The molecule has 3 rings (SSSR count). The van der Waals surface area contributed by atoms with E-state index >= 15 is 0 Å². The molecular weight excluding hydrogens is 302 g/mol. The Morgan fingerprint density at radius 2 is 2.17 bits per heavy atom. The smallest absolute Gasteiger partial charge is 0.128 e. The Kier molecular flexibility index (Phi) is 4.60. The van der Waals surface area contributed by atoms with Crippen molar-refractivity contribution in [2.75, 3.05) is 6.61 Å². The number of nitrogens with zero attached hydrogens (tertiary/aromatic N) is 1. The zero-order valence-corrected chi connectivity index (χ0v) is 15.0. The van der Waals surface area contributed by atoms with Crippen LogP contribution in [-0.4, -0.2) is 34.7 Å². The van der Waals surface area contributed by atoms with Crippen molar-refractivity contribution < 1.29 is 14.9 Å². The molecule has 1 aromatic rings. The summed E-state index contributed by atoms with van der Waals surface area (Å²) < 4.78 is 5.61.